The maximum Gasteiger partial charge on any atom is 0.338 e. The standard InChI is InChI=1S/C27H32N2O5/c1-6-17-27(7-2)23(31)29(25(32)28-18-19-11-9-8-10-12-19)24(27)33-21-15-13-20(14-16-21)22(30)34-26(3,4)5/h6,8-16,24H,1,7,17-18H2,2-5H3,(H,28,32)/t24-,27+/m0/s1. The molecule has 34 heavy (non-hydrogen) atoms. The number of imide groups is 1. The van der Waals surface area contributed by atoms with E-state index in [-0.39, 0.29) is 5.91 Å². The van der Waals surface area contributed by atoms with Crippen LogP contribution in [0.25, 0.3) is 0 Å². The Balaban J connectivity index is 1.77. The molecule has 1 saturated heterocycles. The van der Waals surface area contributed by atoms with Crippen LogP contribution in [0.2, 0.25) is 0 Å². The van der Waals surface area contributed by atoms with Gasteiger partial charge in [0.2, 0.25) is 5.91 Å². The molecular weight excluding hydrogens is 432 g/mol. The number of carbonyl (C=O) groups excluding carboxylic acids is 3. The number of β-lactam (4-membered cyclic amide) rings is 1. The third-order valence-corrected chi connectivity index (χ3v) is 5.73. The van der Waals surface area contributed by atoms with Gasteiger partial charge in [0.05, 0.1) is 5.56 Å². The normalized spacial score (nSPS) is 19.7. The van der Waals surface area contributed by atoms with Crippen LogP contribution >= 0.6 is 0 Å². The summed E-state index contributed by atoms with van der Waals surface area (Å²) in [6, 6.07) is 15.4. The molecular formula is C27H32N2O5. The molecule has 0 radical (unpaired) electrons. The van der Waals surface area contributed by atoms with E-state index < -0.39 is 29.2 Å². The van der Waals surface area contributed by atoms with E-state index in [1.54, 1.807) is 51.1 Å². The van der Waals surface area contributed by atoms with Gasteiger partial charge < -0.3 is 14.8 Å². The largest absolute Gasteiger partial charge is 0.469 e. The molecule has 2 aromatic carbocycles. The molecule has 0 aromatic heterocycles. The van der Waals surface area contributed by atoms with Gasteiger partial charge in [0, 0.05) is 6.54 Å². The quantitative estimate of drug-likeness (QED) is 0.335. The number of carbonyl (C=O) groups is 3. The van der Waals surface area contributed by atoms with E-state index in [1.807, 2.05) is 37.3 Å². The monoisotopic (exact) mass is 464 g/mol. The zero-order chi connectivity index (χ0) is 24.9. The van der Waals surface area contributed by atoms with Gasteiger partial charge in [0.15, 0.2) is 6.23 Å². The van der Waals surface area contributed by atoms with Crippen LogP contribution in [0.1, 0.15) is 56.5 Å². The first-order valence-electron chi connectivity index (χ1n) is 11.4. The van der Waals surface area contributed by atoms with Gasteiger partial charge in [-0.25, -0.2) is 14.5 Å². The fourth-order valence-electron chi connectivity index (χ4n) is 3.91. The summed E-state index contributed by atoms with van der Waals surface area (Å²) in [5.74, 6) is -0.294. The molecule has 1 fully saturated rings. The first-order valence-corrected chi connectivity index (χ1v) is 11.4. The van der Waals surface area contributed by atoms with E-state index in [4.69, 9.17) is 9.47 Å². The van der Waals surface area contributed by atoms with Crippen LogP contribution in [0.4, 0.5) is 4.79 Å². The van der Waals surface area contributed by atoms with E-state index in [0.717, 1.165) is 10.5 Å². The Labute approximate surface area is 200 Å². The Morgan fingerprint density at radius 1 is 1.12 bits per heavy atom. The minimum absolute atomic E-state index is 0.293. The van der Waals surface area contributed by atoms with Crippen LogP contribution in [0, 0.1) is 5.41 Å². The maximum absolute atomic E-state index is 13.1. The number of esters is 1. The number of rotatable bonds is 8. The molecule has 3 rings (SSSR count). The summed E-state index contributed by atoms with van der Waals surface area (Å²) in [5, 5.41) is 2.80. The van der Waals surface area contributed by atoms with Crippen LogP contribution < -0.4 is 10.1 Å². The van der Waals surface area contributed by atoms with Crippen LogP contribution in [0.5, 0.6) is 5.75 Å². The van der Waals surface area contributed by atoms with Crippen LogP contribution in [0.15, 0.2) is 67.3 Å². The van der Waals surface area contributed by atoms with Gasteiger partial charge in [-0.1, -0.05) is 43.3 Å². The molecule has 0 saturated carbocycles. The summed E-state index contributed by atoms with van der Waals surface area (Å²) in [5.41, 5.74) is -0.170. The second kappa shape index (κ2) is 10.1. The molecule has 7 heteroatoms. The molecule has 1 aliphatic rings. The van der Waals surface area contributed by atoms with Crippen molar-refractivity contribution in [1.82, 2.24) is 10.2 Å². The van der Waals surface area contributed by atoms with Gasteiger partial charge in [-0.05, 0) is 63.4 Å². The summed E-state index contributed by atoms with van der Waals surface area (Å²) in [4.78, 5) is 39.4. The van der Waals surface area contributed by atoms with Crippen molar-refractivity contribution < 1.29 is 23.9 Å². The molecule has 2 aromatic rings. The second-order valence-corrected chi connectivity index (χ2v) is 9.32. The van der Waals surface area contributed by atoms with Crippen molar-refractivity contribution in [1.29, 1.82) is 0 Å². The molecule has 180 valence electrons. The van der Waals surface area contributed by atoms with Crippen LogP contribution in [-0.2, 0) is 16.1 Å². The summed E-state index contributed by atoms with van der Waals surface area (Å²) in [6.07, 6.45) is 1.74. The summed E-state index contributed by atoms with van der Waals surface area (Å²) >= 11 is 0. The molecule has 0 bridgehead atoms. The zero-order valence-corrected chi connectivity index (χ0v) is 20.2. The SMILES string of the molecule is C=CC[C@]1(CC)C(=O)N(C(=O)NCc2ccccc2)[C@H]1Oc1ccc(C(=O)OC(C)(C)C)cc1. The Hall–Kier alpha value is -3.61. The third kappa shape index (κ3) is 5.30. The lowest BCUT2D eigenvalue weighted by Gasteiger charge is -2.53. The smallest absolute Gasteiger partial charge is 0.338 e. The molecule has 2 atom stereocenters. The van der Waals surface area contributed by atoms with Crippen molar-refractivity contribution in [3.05, 3.63) is 78.4 Å². The predicted molar refractivity (Wildman–Crippen MR) is 129 cm³/mol. The number of allylic oxidation sites excluding steroid dienone is 1. The lowest BCUT2D eigenvalue weighted by Crippen LogP contribution is -2.73. The van der Waals surface area contributed by atoms with E-state index in [2.05, 4.69) is 11.9 Å². The summed E-state index contributed by atoms with van der Waals surface area (Å²) < 4.78 is 11.5. The van der Waals surface area contributed by atoms with E-state index in [1.165, 1.54) is 0 Å². The average Bonchev–Trinajstić information content (AvgIpc) is 2.80. The lowest BCUT2D eigenvalue weighted by atomic mass is 9.71. The Bertz CT molecular complexity index is 1040. The molecule has 0 unspecified atom stereocenters. The highest BCUT2D eigenvalue weighted by Crippen LogP contribution is 2.46. The summed E-state index contributed by atoms with van der Waals surface area (Å²) in [7, 11) is 0. The number of benzene rings is 2. The van der Waals surface area contributed by atoms with Gasteiger partial charge >= 0.3 is 12.0 Å². The summed E-state index contributed by atoms with van der Waals surface area (Å²) in [6.45, 7) is 11.4. The Morgan fingerprint density at radius 3 is 2.32 bits per heavy atom. The highest BCUT2D eigenvalue weighted by atomic mass is 16.6. The number of hydrogen-bond donors (Lipinski definition) is 1. The predicted octanol–water partition coefficient (Wildman–Crippen LogP) is 5.07. The van der Waals surface area contributed by atoms with Crippen molar-refractivity contribution in [2.24, 2.45) is 5.41 Å². The topological polar surface area (TPSA) is 84.9 Å². The van der Waals surface area contributed by atoms with Gasteiger partial charge in [0.25, 0.3) is 0 Å². The van der Waals surface area contributed by atoms with E-state index >= 15 is 0 Å². The maximum atomic E-state index is 13.1. The number of nitrogens with zero attached hydrogens (tertiary/aromatic N) is 1. The lowest BCUT2D eigenvalue weighted by molar-refractivity contribution is -0.189. The van der Waals surface area contributed by atoms with Crippen molar-refractivity contribution in [3.8, 4) is 5.75 Å². The van der Waals surface area contributed by atoms with Crippen LogP contribution in [-0.4, -0.2) is 34.6 Å². The van der Waals surface area contributed by atoms with E-state index in [0.29, 0.717) is 30.7 Å². The Kier molecular flexibility index (Phi) is 7.44. The van der Waals surface area contributed by atoms with Crippen LogP contribution in [0.3, 0.4) is 0 Å². The van der Waals surface area contributed by atoms with E-state index in [9.17, 15) is 14.4 Å². The minimum atomic E-state index is -0.879. The molecule has 7 nitrogen and oxygen atoms in total. The third-order valence-electron chi connectivity index (χ3n) is 5.73. The zero-order valence-electron chi connectivity index (χ0n) is 20.2. The highest BCUT2D eigenvalue weighted by molar-refractivity contribution is 6.03. The molecule has 1 aliphatic heterocycles. The number of urea groups is 1. The van der Waals surface area contributed by atoms with Crippen molar-refractivity contribution in [2.45, 2.75) is 58.9 Å². The van der Waals surface area contributed by atoms with Gasteiger partial charge in [0.1, 0.15) is 16.8 Å². The minimum Gasteiger partial charge on any atom is -0.469 e. The Morgan fingerprint density at radius 2 is 1.76 bits per heavy atom. The number of ether oxygens (including phenoxy) is 2. The first kappa shape index (κ1) is 25.0. The molecule has 3 amide bonds. The van der Waals surface area contributed by atoms with Crippen molar-refractivity contribution in [2.75, 3.05) is 0 Å². The van der Waals surface area contributed by atoms with Crippen molar-refractivity contribution >= 4 is 17.9 Å². The number of hydrogen-bond acceptors (Lipinski definition) is 5. The number of amides is 3. The fourth-order valence-corrected chi connectivity index (χ4v) is 3.91. The van der Waals surface area contributed by atoms with Gasteiger partial charge in [-0.2, -0.15) is 0 Å². The molecule has 0 spiro atoms. The molecule has 1 heterocycles. The van der Waals surface area contributed by atoms with Crippen molar-refractivity contribution in [3.63, 3.8) is 0 Å². The number of likely N-dealkylation sites (tertiary alicyclic amines) is 1. The van der Waals surface area contributed by atoms with Gasteiger partial charge in [-0.15, -0.1) is 6.58 Å². The van der Waals surface area contributed by atoms with Gasteiger partial charge in [-0.3, -0.25) is 4.79 Å². The first-order chi connectivity index (χ1) is 16.1. The molecule has 0 aliphatic carbocycles. The molecule has 1 N–H and O–H groups in total. The second-order valence-electron chi connectivity index (χ2n) is 9.32. The fraction of sp³-hybridized carbons (Fsp3) is 0.370. The number of nitrogens with one attached hydrogen (secondary N) is 1. The highest BCUT2D eigenvalue weighted by Gasteiger charge is 2.63. The average molecular weight is 465 g/mol.